The van der Waals surface area contributed by atoms with Crippen LogP contribution in [0.1, 0.15) is 45.1 Å². The van der Waals surface area contributed by atoms with Crippen molar-refractivity contribution in [1.29, 1.82) is 0 Å². The lowest BCUT2D eigenvalue weighted by molar-refractivity contribution is -0.121. The summed E-state index contributed by atoms with van der Waals surface area (Å²) >= 11 is 0. The maximum atomic E-state index is 11.7. The molecule has 1 aromatic rings. The fourth-order valence-corrected chi connectivity index (χ4v) is 4.74. The van der Waals surface area contributed by atoms with E-state index in [9.17, 15) is 4.79 Å². The molecule has 6 nitrogen and oxygen atoms in total. The van der Waals surface area contributed by atoms with E-state index in [2.05, 4.69) is 64.6 Å². The molecule has 6 heteroatoms. The Hall–Kier alpha value is -2.08. The van der Waals surface area contributed by atoms with Gasteiger partial charge in [-0.2, -0.15) is 0 Å². The van der Waals surface area contributed by atoms with Crippen LogP contribution < -0.4 is 10.6 Å². The molecule has 2 N–H and O–H groups in total. The standard InChI is InChI=1S/C24H39N5O/c1-4-26-24(28-12-10-20(11-13-28)15-23(30)25-3)27-16-22-14-19(2)29(18-22)17-21-8-6-5-7-9-21/h5-9,19-20,22H,4,10-18H2,1-3H3,(H,25,30)(H,26,27). The number of benzene rings is 1. The fraction of sp³-hybridized carbons (Fsp3) is 0.667. The van der Waals surface area contributed by atoms with Crippen molar-refractivity contribution in [2.75, 3.05) is 39.8 Å². The second-order valence-electron chi connectivity index (χ2n) is 8.87. The van der Waals surface area contributed by atoms with Crippen molar-refractivity contribution in [3.05, 3.63) is 35.9 Å². The van der Waals surface area contributed by atoms with Crippen LogP contribution in [0.15, 0.2) is 35.3 Å². The molecule has 30 heavy (non-hydrogen) atoms. The zero-order chi connectivity index (χ0) is 21.3. The maximum absolute atomic E-state index is 11.7. The zero-order valence-corrected chi connectivity index (χ0v) is 18.9. The largest absolute Gasteiger partial charge is 0.359 e. The molecule has 1 aromatic carbocycles. The Labute approximate surface area is 182 Å². The van der Waals surface area contributed by atoms with Crippen LogP contribution in [0.5, 0.6) is 0 Å². The number of carbonyl (C=O) groups excluding carboxylic acids is 1. The Bertz CT molecular complexity index is 684. The molecule has 0 aliphatic carbocycles. The number of carbonyl (C=O) groups is 1. The summed E-state index contributed by atoms with van der Waals surface area (Å²) in [4.78, 5) is 21.6. The fourth-order valence-electron chi connectivity index (χ4n) is 4.74. The highest BCUT2D eigenvalue weighted by molar-refractivity contribution is 5.80. The summed E-state index contributed by atoms with van der Waals surface area (Å²) in [6.45, 7) is 10.4. The molecule has 0 radical (unpaired) electrons. The Morgan fingerprint density at radius 2 is 1.90 bits per heavy atom. The summed E-state index contributed by atoms with van der Waals surface area (Å²) in [5.74, 6) is 2.31. The molecule has 2 atom stereocenters. The molecule has 2 aliphatic heterocycles. The first-order chi connectivity index (χ1) is 14.6. The van der Waals surface area contributed by atoms with Crippen molar-refractivity contribution < 1.29 is 4.79 Å². The molecule has 0 aromatic heterocycles. The number of piperidine rings is 1. The van der Waals surface area contributed by atoms with E-state index in [0.29, 0.717) is 24.3 Å². The Balaban J connectivity index is 1.50. The van der Waals surface area contributed by atoms with E-state index in [1.54, 1.807) is 7.05 Å². The molecule has 2 heterocycles. The van der Waals surface area contributed by atoms with Gasteiger partial charge in [-0.05, 0) is 50.5 Å². The molecular formula is C24H39N5O. The van der Waals surface area contributed by atoms with Crippen molar-refractivity contribution in [3.63, 3.8) is 0 Å². The minimum atomic E-state index is 0.157. The van der Waals surface area contributed by atoms with E-state index in [1.165, 1.54) is 12.0 Å². The molecule has 166 valence electrons. The van der Waals surface area contributed by atoms with Crippen LogP contribution in [0.2, 0.25) is 0 Å². The summed E-state index contributed by atoms with van der Waals surface area (Å²) in [6, 6.07) is 11.4. The number of amides is 1. The van der Waals surface area contributed by atoms with Crippen molar-refractivity contribution in [2.45, 2.75) is 52.1 Å². The molecule has 2 unspecified atom stereocenters. The highest BCUT2D eigenvalue weighted by Gasteiger charge is 2.29. The normalized spacial score (nSPS) is 23.6. The Kier molecular flexibility index (Phi) is 8.55. The average molecular weight is 414 g/mol. The van der Waals surface area contributed by atoms with Crippen LogP contribution in [0.4, 0.5) is 0 Å². The third kappa shape index (κ3) is 6.46. The van der Waals surface area contributed by atoms with E-state index < -0.39 is 0 Å². The summed E-state index contributed by atoms with van der Waals surface area (Å²) in [6.07, 6.45) is 3.98. The molecule has 0 spiro atoms. The predicted molar refractivity (Wildman–Crippen MR) is 123 cm³/mol. The highest BCUT2D eigenvalue weighted by Crippen LogP contribution is 2.25. The number of hydrogen-bond acceptors (Lipinski definition) is 3. The van der Waals surface area contributed by atoms with Crippen LogP contribution in [-0.2, 0) is 11.3 Å². The molecule has 1 amide bonds. The van der Waals surface area contributed by atoms with Gasteiger partial charge in [0.2, 0.25) is 5.91 Å². The van der Waals surface area contributed by atoms with Gasteiger partial charge in [0.05, 0.1) is 0 Å². The molecule has 2 aliphatic rings. The number of nitrogens with one attached hydrogen (secondary N) is 2. The lowest BCUT2D eigenvalue weighted by Gasteiger charge is -2.34. The van der Waals surface area contributed by atoms with E-state index in [4.69, 9.17) is 4.99 Å². The van der Waals surface area contributed by atoms with Crippen LogP contribution in [0.3, 0.4) is 0 Å². The summed E-state index contributed by atoms with van der Waals surface area (Å²) in [7, 11) is 1.72. The highest BCUT2D eigenvalue weighted by atomic mass is 16.1. The molecular weight excluding hydrogens is 374 g/mol. The number of nitrogens with zero attached hydrogens (tertiary/aromatic N) is 3. The van der Waals surface area contributed by atoms with Crippen LogP contribution in [0.25, 0.3) is 0 Å². The van der Waals surface area contributed by atoms with E-state index in [0.717, 1.165) is 58.1 Å². The summed E-state index contributed by atoms with van der Waals surface area (Å²) in [5.41, 5.74) is 1.39. The number of aliphatic imine (C=N–C) groups is 1. The molecule has 2 fully saturated rings. The van der Waals surface area contributed by atoms with Gasteiger partial charge in [0.1, 0.15) is 0 Å². The lowest BCUT2D eigenvalue weighted by atomic mass is 9.93. The SMILES string of the molecule is CCNC(=NCC1CC(C)N(Cc2ccccc2)C1)N1CCC(CC(=O)NC)CC1. The second kappa shape index (κ2) is 11.3. The maximum Gasteiger partial charge on any atom is 0.220 e. The molecule has 3 rings (SSSR count). The number of guanidine groups is 1. The van der Waals surface area contributed by atoms with E-state index >= 15 is 0 Å². The van der Waals surface area contributed by atoms with Gasteiger partial charge in [0, 0.05) is 58.8 Å². The van der Waals surface area contributed by atoms with Gasteiger partial charge >= 0.3 is 0 Å². The van der Waals surface area contributed by atoms with E-state index in [-0.39, 0.29) is 5.91 Å². The number of rotatable bonds is 7. The van der Waals surface area contributed by atoms with Gasteiger partial charge in [0.25, 0.3) is 0 Å². The molecule has 2 saturated heterocycles. The predicted octanol–water partition coefficient (Wildman–Crippen LogP) is 2.71. The zero-order valence-electron chi connectivity index (χ0n) is 18.9. The monoisotopic (exact) mass is 413 g/mol. The third-order valence-corrected chi connectivity index (χ3v) is 6.52. The molecule has 0 saturated carbocycles. The quantitative estimate of drug-likeness (QED) is 0.533. The Morgan fingerprint density at radius 3 is 2.57 bits per heavy atom. The van der Waals surface area contributed by atoms with Crippen molar-refractivity contribution in [3.8, 4) is 0 Å². The topological polar surface area (TPSA) is 60.0 Å². The van der Waals surface area contributed by atoms with Gasteiger partial charge in [-0.3, -0.25) is 14.7 Å². The van der Waals surface area contributed by atoms with Crippen molar-refractivity contribution in [2.24, 2.45) is 16.8 Å². The van der Waals surface area contributed by atoms with Crippen molar-refractivity contribution >= 4 is 11.9 Å². The van der Waals surface area contributed by atoms with Crippen LogP contribution in [-0.4, -0.2) is 67.5 Å². The first-order valence-corrected chi connectivity index (χ1v) is 11.6. The van der Waals surface area contributed by atoms with Crippen LogP contribution >= 0.6 is 0 Å². The van der Waals surface area contributed by atoms with E-state index in [1.807, 2.05) is 0 Å². The summed E-state index contributed by atoms with van der Waals surface area (Å²) in [5, 5.41) is 6.24. The number of likely N-dealkylation sites (tertiary alicyclic amines) is 2. The van der Waals surface area contributed by atoms with Gasteiger partial charge in [0.15, 0.2) is 5.96 Å². The smallest absolute Gasteiger partial charge is 0.220 e. The third-order valence-electron chi connectivity index (χ3n) is 6.52. The number of hydrogen-bond donors (Lipinski definition) is 2. The van der Waals surface area contributed by atoms with Gasteiger partial charge < -0.3 is 15.5 Å². The first-order valence-electron chi connectivity index (χ1n) is 11.6. The first kappa shape index (κ1) is 22.6. The van der Waals surface area contributed by atoms with Gasteiger partial charge in [-0.15, -0.1) is 0 Å². The second-order valence-corrected chi connectivity index (χ2v) is 8.87. The molecule has 0 bridgehead atoms. The minimum Gasteiger partial charge on any atom is -0.359 e. The summed E-state index contributed by atoms with van der Waals surface area (Å²) < 4.78 is 0. The average Bonchev–Trinajstić information content (AvgIpc) is 3.11. The van der Waals surface area contributed by atoms with Gasteiger partial charge in [-0.25, -0.2) is 0 Å². The van der Waals surface area contributed by atoms with Gasteiger partial charge in [-0.1, -0.05) is 30.3 Å². The lowest BCUT2D eigenvalue weighted by Crippen LogP contribution is -2.46. The Morgan fingerprint density at radius 1 is 1.17 bits per heavy atom. The van der Waals surface area contributed by atoms with Crippen molar-refractivity contribution in [1.82, 2.24) is 20.4 Å². The minimum absolute atomic E-state index is 0.157. The van der Waals surface area contributed by atoms with Crippen LogP contribution in [0, 0.1) is 11.8 Å².